The van der Waals surface area contributed by atoms with Gasteiger partial charge < -0.3 is 10.5 Å². The van der Waals surface area contributed by atoms with Crippen LogP contribution in [0.4, 0.5) is 5.69 Å². The maximum atomic E-state index is 12.8. The summed E-state index contributed by atoms with van der Waals surface area (Å²) >= 11 is 13.1. The lowest BCUT2D eigenvalue weighted by Crippen LogP contribution is -2.32. The first-order valence-electron chi connectivity index (χ1n) is 8.80. The molecule has 10 heteroatoms. The number of hydrogen-bond donors (Lipinski definition) is 1. The molecule has 3 rings (SSSR count). The van der Waals surface area contributed by atoms with Gasteiger partial charge in [0.1, 0.15) is 11.0 Å². The summed E-state index contributed by atoms with van der Waals surface area (Å²) in [7, 11) is 1.59. The SMILES string of the molecule is COc1ccc(/C(C)=N\N=C(/N)SC2CC(=O)N(c3cc(Cl)ccc3Cl)C2=O)cc1. The quantitative estimate of drug-likeness (QED) is 0.310. The van der Waals surface area contributed by atoms with E-state index in [9.17, 15) is 9.59 Å². The van der Waals surface area contributed by atoms with Gasteiger partial charge in [-0.1, -0.05) is 35.0 Å². The number of amidine groups is 1. The lowest BCUT2D eigenvalue weighted by atomic mass is 10.1. The number of carbonyl (C=O) groups excluding carboxylic acids is 2. The highest BCUT2D eigenvalue weighted by atomic mass is 35.5. The molecule has 7 nitrogen and oxygen atoms in total. The first-order valence-corrected chi connectivity index (χ1v) is 10.4. The number of benzene rings is 2. The third-order valence-corrected chi connectivity index (χ3v) is 5.85. The van der Waals surface area contributed by atoms with Gasteiger partial charge in [0.15, 0.2) is 5.17 Å². The first kappa shape index (κ1) is 22.1. The monoisotopic (exact) mass is 464 g/mol. The van der Waals surface area contributed by atoms with Gasteiger partial charge in [-0.05, 0) is 55.0 Å². The van der Waals surface area contributed by atoms with E-state index in [2.05, 4.69) is 10.2 Å². The van der Waals surface area contributed by atoms with E-state index in [1.165, 1.54) is 12.1 Å². The van der Waals surface area contributed by atoms with Gasteiger partial charge >= 0.3 is 0 Å². The predicted molar refractivity (Wildman–Crippen MR) is 122 cm³/mol. The molecule has 30 heavy (non-hydrogen) atoms. The van der Waals surface area contributed by atoms with Crippen molar-refractivity contribution in [3.8, 4) is 5.75 Å². The predicted octanol–water partition coefficient (Wildman–Crippen LogP) is 4.11. The highest BCUT2D eigenvalue weighted by molar-refractivity contribution is 8.14. The maximum absolute atomic E-state index is 12.8. The first-order chi connectivity index (χ1) is 14.3. The van der Waals surface area contributed by atoms with Gasteiger partial charge in [0, 0.05) is 11.4 Å². The Morgan fingerprint density at radius 3 is 2.53 bits per heavy atom. The van der Waals surface area contributed by atoms with E-state index in [4.69, 9.17) is 33.7 Å². The van der Waals surface area contributed by atoms with Gasteiger partial charge in [-0.25, -0.2) is 4.90 Å². The molecular weight excluding hydrogens is 447 g/mol. The van der Waals surface area contributed by atoms with Crippen molar-refractivity contribution < 1.29 is 14.3 Å². The van der Waals surface area contributed by atoms with Crippen LogP contribution in [0.1, 0.15) is 18.9 Å². The number of anilines is 1. The summed E-state index contributed by atoms with van der Waals surface area (Å²) < 4.78 is 5.12. The number of rotatable bonds is 5. The van der Waals surface area contributed by atoms with Crippen molar-refractivity contribution in [2.75, 3.05) is 12.0 Å². The van der Waals surface area contributed by atoms with Crippen molar-refractivity contribution in [3.05, 3.63) is 58.1 Å². The molecule has 2 aromatic carbocycles. The number of methoxy groups -OCH3 is 1. The molecule has 0 bridgehead atoms. The van der Waals surface area contributed by atoms with E-state index in [0.717, 1.165) is 28.0 Å². The van der Waals surface area contributed by atoms with E-state index in [0.29, 0.717) is 10.7 Å². The number of nitrogens with zero attached hydrogens (tertiary/aromatic N) is 3. The van der Waals surface area contributed by atoms with Crippen molar-refractivity contribution in [1.29, 1.82) is 0 Å². The highest BCUT2D eigenvalue weighted by Gasteiger charge is 2.41. The van der Waals surface area contributed by atoms with Crippen LogP contribution in [0.25, 0.3) is 0 Å². The van der Waals surface area contributed by atoms with Gasteiger partial charge in [-0.3, -0.25) is 9.59 Å². The highest BCUT2D eigenvalue weighted by Crippen LogP contribution is 2.35. The average molecular weight is 465 g/mol. The number of nitrogens with two attached hydrogens (primary N) is 1. The Kier molecular flexibility index (Phi) is 7.02. The molecule has 0 aliphatic carbocycles. The largest absolute Gasteiger partial charge is 0.497 e. The number of thioether (sulfide) groups is 1. The summed E-state index contributed by atoms with van der Waals surface area (Å²) in [5.41, 5.74) is 7.68. The summed E-state index contributed by atoms with van der Waals surface area (Å²) in [4.78, 5) is 26.2. The molecule has 1 heterocycles. The molecule has 2 amide bonds. The molecule has 0 saturated carbocycles. The number of halogens is 2. The topological polar surface area (TPSA) is 97.3 Å². The second kappa shape index (κ2) is 9.51. The summed E-state index contributed by atoms with van der Waals surface area (Å²) in [5.74, 6) is -0.0746. The van der Waals surface area contributed by atoms with Crippen LogP contribution < -0.4 is 15.4 Å². The molecule has 0 radical (unpaired) electrons. The molecule has 0 aromatic heterocycles. The third-order valence-electron chi connectivity index (χ3n) is 4.32. The molecule has 1 aliphatic rings. The van der Waals surface area contributed by atoms with Gasteiger partial charge in [0.05, 0.1) is 23.5 Å². The Morgan fingerprint density at radius 1 is 1.17 bits per heavy atom. The van der Waals surface area contributed by atoms with Crippen molar-refractivity contribution >= 4 is 63.3 Å². The van der Waals surface area contributed by atoms with Crippen LogP contribution in [0.15, 0.2) is 52.7 Å². The molecule has 2 aromatic rings. The minimum absolute atomic E-state index is 0.0241. The summed E-state index contributed by atoms with van der Waals surface area (Å²) in [6.07, 6.45) is -0.0241. The van der Waals surface area contributed by atoms with Gasteiger partial charge in [-0.15, -0.1) is 5.10 Å². The summed E-state index contributed by atoms with van der Waals surface area (Å²) in [6.45, 7) is 1.79. The number of imide groups is 1. The maximum Gasteiger partial charge on any atom is 0.247 e. The van der Waals surface area contributed by atoms with Crippen LogP contribution in [0.2, 0.25) is 10.0 Å². The summed E-state index contributed by atoms with van der Waals surface area (Å²) in [6, 6.07) is 11.9. The van der Waals surface area contributed by atoms with E-state index in [-0.39, 0.29) is 28.2 Å². The van der Waals surface area contributed by atoms with E-state index in [1.807, 2.05) is 24.3 Å². The summed E-state index contributed by atoms with van der Waals surface area (Å²) in [5, 5.41) is 8.08. The number of hydrogen-bond acceptors (Lipinski definition) is 6. The molecule has 1 saturated heterocycles. The number of carbonyl (C=O) groups is 2. The van der Waals surface area contributed by atoms with E-state index in [1.54, 1.807) is 20.1 Å². The van der Waals surface area contributed by atoms with Crippen molar-refractivity contribution in [3.63, 3.8) is 0 Å². The molecule has 1 atom stereocenters. The Hall–Kier alpha value is -2.55. The average Bonchev–Trinajstić information content (AvgIpc) is 3.01. The molecule has 1 unspecified atom stereocenters. The number of ether oxygens (including phenoxy) is 1. The minimum atomic E-state index is -0.715. The fourth-order valence-electron chi connectivity index (χ4n) is 2.79. The molecule has 1 fully saturated rings. The fraction of sp³-hybridized carbons (Fsp3) is 0.200. The fourth-order valence-corrected chi connectivity index (χ4v) is 3.97. The van der Waals surface area contributed by atoms with Crippen LogP contribution in [0, 0.1) is 0 Å². The van der Waals surface area contributed by atoms with Crippen molar-refractivity contribution in [2.24, 2.45) is 15.9 Å². The molecular formula is C20H18Cl2N4O3S. The Labute approximate surface area is 187 Å². The minimum Gasteiger partial charge on any atom is -0.497 e. The second-order valence-electron chi connectivity index (χ2n) is 6.33. The van der Waals surface area contributed by atoms with Crippen LogP contribution >= 0.6 is 35.0 Å². The zero-order chi connectivity index (χ0) is 21.8. The van der Waals surface area contributed by atoms with Crippen molar-refractivity contribution in [1.82, 2.24) is 0 Å². The Balaban J connectivity index is 1.71. The molecule has 2 N–H and O–H groups in total. The molecule has 0 spiro atoms. The molecule has 156 valence electrons. The van der Waals surface area contributed by atoms with Crippen LogP contribution in [0.3, 0.4) is 0 Å². The lowest BCUT2D eigenvalue weighted by Gasteiger charge is -2.16. The van der Waals surface area contributed by atoms with E-state index < -0.39 is 11.2 Å². The zero-order valence-electron chi connectivity index (χ0n) is 16.1. The van der Waals surface area contributed by atoms with Crippen LogP contribution in [-0.2, 0) is 9.59 Å². The third kappa shape index (κ3) is 4.95. The van der Waals surface area contributed by atoms with Gasteiger partial charge in [0.2, 0.25) is 11.8 Å². The van der Waals surface area contributed by atoms with Crippen molar-refractivity contribution in [2.45, 2.75) is 18.6 Å². The van der Waals surface area contributed by atoms with Gasteiger partial charge in [0.25, 0.3) is 0 Å². The second-order valence-corrected chi connectivity index (χ2v) is 8.39. The normalized spacial score (nSPS) is 17.6. The van der Waals surface area contributed by atoms with Crippen LogP contribution in [0.5, 0.6) is 5.75 Å². The Bertz CT molecular complexity index is 1040. The zero-order valence-corrected chi connectivity index (χ0v) is 18.5. The standard InChI is InChI=1S/C20H18Cl2N4O3S/c1-11(12-3-6-14(29-2)7-4-12)24-25-20(23)30-17-10-18(27)26(19(17)28)16-9-13(21)5-8-15(16)22/h3-9,17H,10H2,1-2H3,(H2,23,25)/b24-11-. The number of amides is 2. The lowest BCUT2D eigenvalue weighted by molar-refractivity contribution is -0.121. The Morgan fingerprint density at radius 2 is 1.87 bits per heavy atom. The molecule has 1 aliphatic heterocycles. The van der Waals surface area contributed by atoms with E-state index >= 15 is 0 Å². The smallest absolute Gasteiger partial charge is 0.247 e. The van der Waals surface area contributed by atoms with Crippen LogP contribution in [-0.4, -0.2) is 35.1 Å². The van der Waals surface area contributed by atoms with Gasteiger partial charge in [-0.2, -0.15) is 5.10 Å².